The summed E-state index contributed by atoms with van der Waals surface area (Å²) < 4.78 is 0. The minimum absolute atomic E-state index is 0. The molecule has 0 bridgehead atoms. The van der Waals surface area contributed by atoms with E-state index in [4.69, 9.17) is 0 Å². The quantitative estimate of drug-likeness (QED) is 0.285. The summed E-state index contributed by atoms with van der Waals surface area (Å²) in [6, 6.07) is 29.1. The van der Waals surface area contributed by atoms with Crippen molar-refractivity contribution in [1.82, 2.24) is 20.2 Å². The van der Waals surface area contributed by atoms with Gasteiger partial charge >= 0.3 is 0 Å². The van der Waals surface area contributed by atoms with Gasteiger partial charge in [-0.25, -0.2) is 0 Å². The van der Waals surface area contributed by atoms with Crippen LogP contribution in [-0.4, -0.2) is 15.1 Å². The van der Waals surface area contributed by atoms with Crippen LogP contribution < -0.4 is 5.10 Å². The van der Waals surface area contributed by atoms with Gasteiger partial charge < -0.3 is 15.2 Å². The van der Waals surface area contributed by atoms with E-state index in [1.807, 2.05) is 79.9 Å². The second-order valence-electron chi connectivity index (χ2n) is 6.24. The number of aromatic nitrogens is 4. The zero-order chi connectivity index (χ0) is 19.2. The maximum atomic E-state index is 4.45. The number of rotatable bonds is 2. The topological polar surface area (TPSA) is 52.8 Å². The van der Waals surface area contributed by atoms with Crippen LogP contribution in [0.4, 0.5) is 0 Å². The van der Waals surface area contributed by atoms with Crippen LogP contribution >= 0.6 is 0 Å². The first-order valence-electron chi connectivity index (χ1n) is 9.00. The summed E-state index contributed by atoms with van der Waals surface area (Å²) in [7, 11) is 0. The second kappa shape index (κ2) is 9.87. The van der Waals surface area contributed by atoms with Gasteiger partial charge in [0.05, 0.1) is 0 Å². The number of pyridine rings is 2. The van der Waals surface area contributed by atoms with Gasteiger partial charge in [0.1, 0.15) is 0 Å². The SMILES string of the molecule is Cc1cc(-c2ccccn2)[n-]n1.[Ir].[c-]1ccccc1-c1nccc2ccccc12. The molecule has 3 aromatic heterocycles. The molecule has 0 spiro atoms. The second-order valence-corrected chi connectivity index (χ2v) is 6.24. The van der Waals surface area contributed by atoms with E-state index in [9.17, 15) is 0 Å². The van der Waals surface area contributed by atoms with Crippen molar-refractivity contribution in [2.45, 2.75) is 6.92 Å². The number of hydrogen-bond acceptors (Lipinski definition) is 3. The van der Waals surface area contributed by atoms with E-state index in [1.54, 1.807) is 6.20 Å². The van der Waals surface area contributed by atoms with Gasteiger partial charge in [0.15, 0.2) is 0 Å². The molecular formula is C24H18IrN4-2. The molecule has 5 heteroatoms. The van der Waals surface area contributed by atoms with Crippen molar-refractivity contribution in [3.05, 3.63) is 103 Å². The largest absolute Gasteiger partial charge is 0.574 e. The molecule has 0 unspecified atom stereocenters. The van der Waals surface area contributed by atoms with Crippen molar-refractivity contribution in [1.29, 1.82) is 0 Å². The fourth-order valence-electron chi connectivity index (χ4n) is 2.90. The maximum absolute atomic E-state index is 4.45. The Bertz CT molecular complexity index is 1170. The van der Waals surface area contributed by atoms with Crippen molar-refractivity contribution < 1.29 is 20.1 Å². The van der Waals surface area contributed by atoms with Crippen LogP contribution in [0.15, 0.2) is 91.3 Å². The van der Waals surface area contributed by atoms with Gasteiger partial charge in [0, 0.05) is 43.9 Å². The standard InChI is InChI=1S/C15H10N.C9H8N3.Ir/c1-2-7-13(8-3-1)15-14-9-5-4-6-12(14)10-11-16-15;1-7-6-9(12-11-7)8-4-2-3-5-10-8;/h1-7,9-11H;2-6H,1H3;/q2*-1;. The average Bonchev–Trinajstić information content (AvgIpc) is 3.21. The Morgan fingerprint density at radius 3 is 2.38 bits per heavy atom. The Balaban J connectivity index is 0.000000167. The van der Waals surface area contributed by atoms with E-state index >= 15 is 0 Å². The molecule has 0 saturated heterocycles. The predicted octanol–water partition coefficient (Wildman–Crippen LogP) is 5.11. The van der Waals surface area contributed by atoms with Crippen molar-refractivity contribution in [3.63, 3.8) is 0 Å². The van der Waals surface area contributed by atoms with Crippen molar-refractivity contribution in [2.75, 3.05) is 0 Å². The molecular weight excluding hydrogens is 537 g/mol. The molecule has 0 aliphatic heterocycles. The van der Waals surface area contributed by atoms with E-state index in [-0.39, 0.29) is 20.1 Å². The van der Waals surface area contributed by atoms with Crippen LogP contribution in [-0.2, 0) is 20.1 Å². The van der Waals surface area contributed by atoms with Crippen LogP contribution in [0.2, 0.25) is 0 Å². The van der Waals surface area contributed by atoms with Gasteiger partial charge in [-0.2, -0.15) is 0 Å². The first-order valence-corrected chi connectivity index (χ1v) is 9.00. The fraction of sp³-hybridized carbons (Fsp3) is 0.0417. The fourth-order valence-corrected chi connectivity index (χ4v) is 2.90. The van der Waals surface area contributed by atoms with Crippen molar-refractivity contribution >= 4 is 10.8 Å². The van der Waals surface area contributed by atoms with Crippen molar-refractivity contribution in [2.24, 2.45) is 0 Å². The minimum atomic E-state index is 0. The molecule has 0 aliphatic carbocycles. The van der Waals surface area contributed by atoms with E-state index in [0.29, 0.717) is 0 Å². The molecule has 5 aromatic rings. The first kappa shape index (κ1) is 20.6. The molecule has 0 aliphatic rings. The smallest absolute Gasteiger partial charge is 0.0494 e. The first-order chi connectivity index (χ1) is 13.8. The predicted molar refractivity (Wildman–Crippen MR) is 112 cm³/mol. The Kier molecular flexibility index (Phi) is 7.01. The summed E-state index contributed by atoms with van der Waals surface area (Å²) in [5.74, 6) is 0. The Hall–Kier alpha value is -3.14. The van der Waals surface area contributed by atoms with E-state index in [2.05, 4.69) is 38.4 Å². The maximum Gasteiger partial charge on any atom is 0.0494 e. The molecule has 145 valence electrons. The number of nitrogens with zero attached hydrogens (tertiary/aromatic N) is 4. The molecule has 4 nitrogen and oxygen atoms in total. The van der Waals surface area contributed by atoms with Crippen LogP contribution in [0.1, 0.15) is 5.69 Å². The Labute approximate surface area is 183 Å². The zero-order valence-electron chi connectivity index (χ0n) is 15.8. The van der Waals surface area contributed by atoms with Crippen LogP contribution in [0, 0.1) is 13.0 Å². The van der Waals surface area contributed by atoms with Crippen molar-refractivity contribution in [3.8, 4) is 22.6 Å². The number of hydrogen-bond donors (Lipinski definition) is 0. The molecule has 1 radical (unpaired) electrons. The minimum Gasteiger partial charge on any atom is -0.574 e. The van der Waals surface area contributed by atoms with Gasteiger partial charge in [-0.3, -0.25) is 4.98 Å². The third-order valence-electron chi connectivity index (χ3n) is 4.23. The third kappa shape index (κ3) is 5.02. The molecule has 0 fully saturated rings. The molecule has 3 heterocycles. The van der Waals surface area contributed by atoms with Gasteiger partial charge in [-0.15, -0.1) is 35.9 Å². The summed E-state index contributed by atoms with van der Waals surface area (Å²) in [5.41, 5.74) is 4.68. The van der Waals surface area contributed by atoms with E-state index < -0.39 is 0 Å². The molecule has 0 saturated carbocycles. The molecule has 0 amide bonds. The third-order valence-corrected chi connectivity index (χ3v) is 4.23. The monoisotopic (exact) mass is 555 g/mol. The summed E-state index contributed by atoms with van der Waals surface area (Å²) >= 11 is 0. The Morgan fingerprint density at radius 2 is 1.66 bits per heavy atom. The van der Waals surface area contributed by atoms with Crippen LogP contribution in [0.3, 0.4) is 0 Å². The molecule has 0 N–H and O–H groups in total. The molecule has 0 atom stereocenters. The number of aryl methyl sites for hydroxylation is 1. The van der Waals surface area contributed by atoms with E-state index in [1.165, 1.54) is 10.8 Å². The zero-order valence-corrected chi connectivity index (χ0v) is 18.2. The summed E-state index contributed by atoms with van der Waals surface area (Å²) in [6.07, 6.45) is 3.60. The van der Waals surface area contributed by atoms with E-state index in [0.717, 1.165) is 28.3 Å². The number of benzene rings is 2. The van der Waals surface area contributed by atoms with Crippen LogP contribution in [0.5, 0.6) is 0 Å². The van der Waals surface area contributed by atoms with Gasteiger partial charge in [0.2, 0.25) is 0 Å². The summed E-state index contributed by atoms with van der Waals surface area (Å²) in [5, 5.41) is 10.3. The van der Waals surface area contributed by atoms with Gasteiger partial charge in [-0.05, 0) is 41.6 Å². The number of fused-ring (bicyclic) bond motifs is 1. The molecule has 29 heavy (non-hydrogen) atoms. The molecule has 5 rings (SSSR count). The van der Waals surface area contributed by atoms with Crippen LogP contribution in [0.25, 0.3) is 33.4 Å². The normalized spacial score (nSPS) is 9.97. The molecule has 2 aromatic carbocycles. The summed E-state index contributed by atoms with van der Waals surface area (Å²) in [4.78, 5) is 8.61. The van der Waals surface area contributed by atoms with Gasteiger partial charge in [-0.1, -0.05) is 42.1 Å². The Morgan fingerprint density at radius 1 is 0.828 bits per heavy atom. The van der Waals surface area contributed by atoms with Gasteiger partial charge in [0.25, 0.3) is 0 Å². The summed E-state index contributed by atoms with van der Waals surface area (Å²) in [6.45, 7) is 1.92. The average molecular weight is 555 g/mol.